The zero-order chi connectivity index (χ0) is 12.3. The predicted octanol–water partition coefficient (Wildman–Crippen LogP) is 2.93. The van der Waals surface area contributed by atoms with Gasteiger partial charge in [-0.25, -0.2) is 0 Å². The molecule has 1 aromatic rings. The summed E-state index contributed by atoms with van der Waals surface area (Å²) in [5, 5.41) is 0. The highest BCUT2D eigenvalue weighted by molar-refractivity contribution is 5.38. The lowest BCUT2D eigenvalue weighted by molar-refractivity contribution is 0.288. The molecule has 0 fully saturated rings. The van der Waals surface area contributed by atoms with E-state index in [-0.39, 0.29) is 5.41 Å². The lowest BCUT2D eigenvalue weighted by Crippen LogP contribution is -2.24. The molecule has 0 bridgehead atoms. The smallest absolute Gasteiger partial charge is 0.122 e. The SMILES string of the molecule is CC(C)(CN)CCc1ccc2c(c1)CCCO2. The topological polar surface area (TPSA) is 35.2 Å². The van der Waals surface area contributed by atoms with Crippen LogP contribution < -0.4 is 10.5 Å². The summed E-state index contributed by atoms with van der Waals surface area (Å²) in [5.41, 5.74) is 8.79. The van der Waals surface area contributed by atoms with E-state index < -0.39 is 0 Å². The van der Waals surface area contributed by atoms with Gasteiger partial charge < -0.3 is 10.5 Å². The minimum absolute atomic E-state index is 0.242. The molecule has 17 heavy (non-hydrogen) atoms. The van der Waals surface area contributed by atoms with E-state index in [1.807, 2.05) is 0 Å². The summed E-state index contributed by atoms with van der Waals surface area (Å²) in [6.07, 6.45) is 4.55. The first-order chi connectivity index (χ1) is 8.11. The second-order valence-electron chi connectivity index (χ2n) is 5.76. The van der Waals surface area contributed by atoms with Gasteiger partial charge in [0.25, 0.3) is 0 Å². The molecule has 2 heteroatoms. The molecular formula is C15H23NO. The second-order valence-corrected chi connectivity index (χ2v) is 5.76. The minimum atomic E-state index is 0.242. The van der Waals surface area contributed by atoms with Crippen LogP contribution in [0.3, 0.4) is 0 Å². The van der Waals surface area contributed by atoms with E-state index in [0.717, 1.165) is 44.6 Å². The van der Waals surface area contributed by atoms with Crippen LogP contribution in [-0.4, -0.2) is 13.2 Å². The van der Waals surface area contributed by atoms with Gasteiger partial charge >= 0.3 is 0 Å². The van der Waals surface area contributed by atoms with Crippen molar-refractivity contribution in [3.8, 4) is 5.75 Å². The minimum Gasteiger partial charge on any atom is -0.493 e. The van der Waals surface area contributed by atoms with Gasteiger partial charge in [-0.1, -0.05) is 26.0 Å². The van der Waals surface area contributed by atoms with Crippen LogP contribution in [0, 0.1) is 5.41 Å². The molecule has 0 aromatic heterocycles. The van der Waals surface area contributed by atoms with E-state index in [0.29, 0.717) is 0 Å². The van der Waals surface area contributed by atoms with E-state index in [1.165, 1.54) is 11.1 Å². The Morgan fingerprint density at radius 1 is 1.35 bits per heavy atom. The maximum absolute atomic E-state index is 5.76. The van der Waals surface area contributed by atoms with Crippen LogP contribution in [-0.2, 0) is 12.8 Å². The molecule has 1 heterocycles. The molecule has 0 radical (unpaired) electrons. The van der Waals surface area contributed by atoms with Crippen molar-refractivity contribution in [1.29, 1.82) is 0 Å². The third-order valence-electron chi connectivity index (χ3n) is 3.62. The van der Waals surface area contributed by atoms with E-state index in [1.54, 1.807) is 0 Å². The Hall–Kier alpha value is -1.02. The van der Waals surface area contributed by atoms with Crippen molar-refractivity contribution < 1.29 is 4.74 Å². The van der Waals surface area contributed by atoms with Crippen molar-refractivity contribution >= 4 is 0 Å². The van der Waals surface area contributed by atoms with Crippen molar-refractivity contribution in [2.24, 2.45) is 11.1 Å². The highest BCUT2D eigenvalue weighted by Crippen LogP contribution is 2.27. The molecule has 2 nitrogen and oxygen atoms in total. The van der Waals surface area contributed by atoms with Crippen molar-refractivity contribution in [3.63, 3.8) is 0 Å². The molecular weight excluding hydrogens is 210 g/mol. The van der Waals surface area contributed by atoms with E-state index >= 15 is 0 Å². The normalized spacial score (nSPS) is 15.2. The summed E-state index contributed by atoms with van der Waals surface area (Å²) >= 11 is 0. The number of nitrogens with two attached hydrogens (primary N) is 1. The van der Waals surface area contributed by atoms with Gasteiger partial charge in [-0.3, -0.25) is 0 Å². The van der Waals surface area contributed by atoms with Crippen LogP contribution in [0.2, 0.25) is 0 Å². The number of hydrogen-bond acceptors (Lipinski definition) is 2. The summed E-state index contributed by atoms with van der Waals surface area (Å²) in [5.74, 6) is 1.08. The lowest BCUT2D eigenvalue weighted by Gasteiger charge is -2.23. The monoisotopic (exact) mass is 233 g/mol. The summed E-state index contributed by atoms with van der Waals surface area (Å²) in [6, 6.07) is 6.62. The quantitative estimate of drug-likeness (QED) is 0.868. The van der Waals surface area contributed by atoms with Crippen molar-refractivity contribution in [1.82, 2.24) is 0 Å². The number of hydrogen-bond donors (Lipinski definition) is 1. The molecule has 1 aromatic carbocycles. The van der Waals surface area contributed by atoms with Crippen LogP contribution in [0.25, 0.3) is 0 Å². The third-order valence-corrected chi connectivity index (χ3v) is 3.62. The van der Waals surface area contributed by atoms with Gasteiger partial charge in [-0.2, -0.15) is 0 Å². The standard InChI is InChI=1S/C15H23NO/c1-15(2,11-16)8-7-12-5-6-14-13(10-12)4-3-9-17-14/h5-6,10H,3-4,7-9,11,16H2,1-2H3. The maximum atomic E-state index is 5.76. The summed E-state index contributed by atoms with van der Waals surface area (Å²) < 4.78 is 5.63. The molecule has 2 rings (SSSR count). The van der Waals surface area contributed by atoms with Gasteiger partial charge in [0.1, 0.15) is 5.75 Å². The molecule has 0 unspecified atom stereocenters. The average molecular weight is 233 g/mol. The Bertz CT molecular complexity index is 385. The van der Waals surface area contributed by atoms with Crippen molar-refractivity contribution in [2.45, 2.75) is 39.5 Å². The number of benzene rings is 1. The molecule has 1 aliphatic heterocycles. The van der Waals surface area contributed by atoms with Gasteiger partial charge in [0.05, 0.1) is 6.61 Å². The zero-order valence-electron chi connectivity index (χ0n) is 11.0. The second kappa shape index (κ2) is 5.09. The highest BCUT2D eigenvalue weighted by atomic mass is 16.5. The molecule has 94 valence electrons. The molecule has 0 spiro atoms. The third kappa shape index (κ3) is 3.22. The molecule has 0 aliphatic carbocycles. The fourth-order valence-corrected chi connectivity index (χ4v) is 2.15. The Kier molecular flexibility index (Phi) is 3.72. The first-order valence-electron chi connectivity index (χ1n) is 6.55. The van der Waals surface area contributed by atoms with Crippen LogP contribution in [0.5, 0.6) is 5.75 Å². The van der Waals surface area contributed by atoms with E-state index in [2.05, 4.69) is 32.0 Å². The van der Waals surface area contributed by atoms with Crippen LogP contribution in [0.4, 0.5) is 0 Å². The molecule has 2 N–H and O–H groups in total. The van der Waals surface area contributed by atoms with E-state index in [9.17, 15) is 0 Å². The first-order valence-corrected chi connectivity index (χ1v) is 6.55. The summed E-state index contributed by atoms with van der Waals surface area (Å²) in [6.45, 7) is 6.08. The summed E-state index contributed by atoms with van der Waals surface area (Å²) in [7, 11) is 0. The maximum Gasteiger partial charge on any atom is 0.122 e. The van der Waals surface area contributed by atoms with Gasteiger partial charge in [0, 0.05) is 0 Å². The first kappa shape index (κ1) is 12.4. The lowest BCUT2D eigenvalue weighted by atomic mass is 9.86. The fraction of sp³-hybridized carbons (Fsp3) is 0.600. The number of ether oxygens (including phenoxy) is 1. The van der Waals surface area contributed by atoms with Gasteiger partial charge in [-0.05, 0) is 54.8 Å². The Labute approximate surface area is 104 Å². The molecule has 0 saturated carbocycles. The highest BCUT2D eigenvalue weighted by Gasteiger charge is 2.16. The number of aryl methyl sites for hydroxylation is 2. The Balaban J connectivity index is 2.02. The summed E-state index contributed by atoms with van der Waals surface area (Å²) in [4.78, 5) is 0. The van der Waals surface area contributed by atoms with Crippen molar-refractivity contribution in [3.05, 3.63) is 29.3 Å². The molecule has 1 aliphatic rings. The average Bonchev–Trinajstić information content (AvgIpc) is 2.36. The van der Waals surface area contributed by atoms with Crippen LogP contribution >= 0.6 is 0 Å². The molecule has 0 atom stereocenters. The van der Waals surface area contributed by atoms with Crippen molar-refractivity contribution in [2.75, 3.05) is 13.2 Å². The fourth-order valence-electron chi connectivity index (χ4n) is 2.15. The van der Waals surface area contributed by atoms with Gasteiger partial charge in [0.15, 0.2) is 0 Å². The molecule has 0 saturated heterocycles. The predicted molar refractivity (Wildman–Crippen MR) is 71.4 cm³/mol. The van der Waals surface area contributed by atoms with Gasteiger partial charge in [0.2, 0.25) is 0 Å². The van der Waals surface area contributed by atoms with Crippen LogP contribution in [0.1, 0.15) is 37.8 Å². The van der Waals surface area contributed by atoms with Crippen LogP contribution in [0.15, 0.2) is 18.2 Å². The zero-order valence-corrected chi connectivity index (χ0v) is 11.0. The number of fused-ring (bicyclic) bond motifs is 1. The Morgan fingerprint density at radius 2 is 2.18 bits per heavy atom. The molecule has 0 amide bonds. The van der Waals surface area contributed by atoms with E-state index in [4.69, 9.17) is 10.5 Å². The Morgan fingerprint density at radius 3 is 2.94 bits per heavy atom. The number of rotatable bonds is 4. The van der Waals surface area contributed by atoms with Gasteiger partial charge in [-0.15, -0.1) is 0 Å². The largest absolute Gasteiger partial charge is 0.493 e.